The standard InChI is InChI=1S/C6H5BF3NO3/c8-6(9,10)3-1-11-2-4(5(3)12)7(13)14/h1-2,13-14H,(H,11,12). The second kappa shape index (κ2) is 3.47. The Morgan fingerprint density at radius 2 is 1.86 bits per heavy atom. The highest BCUT2D eigenvalue weighted by molar-refractivity contribution is 6.58. The van der Waals surface area contributed by atoms with Gasteiger partial charge >= 0.3 is 13.3 Å². The third-order valence-electron chi connectivity index (χ3n) is 1.56. The van der Waals surface area contributed by atoms with Crippen LogP contribution >= 0.6 is 0 Å². The molecule has 0 fully saturated rings. The summed E-state index contributed by atoms with van der Waals surface area (Å²) < 4.78 is 36.3. The highest BCUT2D eigenvalue weighted by Gasteiger charge is 2.35. The average molecular weight is 207 g/mol. The molecule has 0 aromatic carbocycles. The topological polar surface area (TPSA) is 73.3 Å². The molecule has 1 heterocycles. The van der Waals surface area contributed by atoms with Crippen LogP contribution in [0, 0.1) is 0 Å². The maximum Gasteiger partial charge on any atom is 0.493 e. The van der Waals surface area contributed by atoms with Crippen molar-refractivity contribution in [2.75, 3.05) is 0 Å². The zero-order chi connectivity index (χ0) is 10.9. The predicted molar refractivity (Wildman–Crippen MR) is 41.9 cm³/mol. The summed E-state index contributed by atoms with van der Waals surface area (Å²) in [5.74, 6) is 0. The summed E-state index contributed by atoms with van der Waals surface area (Å²) in [7, 11) is -2.22. The van der Waals surface area contributed by atoms with Crippen molar-refractivity contribution in [1.29, 1.82) is 0 Å². The lowest BCUT2D eigenvalue weighted by Crippen LogP contribution is -2.44. The molecule has 0 radical (unpaired) electrons. The molecule has 0 spiro atoms. The van der Waals surface area contributed by atoms with Crippen LogP contribution in [0.5, 0.6) is 0 Å². The Bertz CT molecular complexity index is 387. The number of nitrogens with one attached hydrogen (secondary N) is 1. The van der Waals surface area contributed by atoms with Crippen molar-refractivity contribution in [3.8, 4) is 0 Å². The van der Waals surface area contributed by atoms with Gasteiger partial charge < -0.3 is 15.0 Å². The molecule has 1 aromatic heterocycles. The van der Waals surface area contributed by atoms with E-state index in [2.05, 4.69) is 0 Å². The molecule has 0 atom stereocenters. The van der Waals surface area contributed by atoms with Crippen LogP contribution in [0.4, 0.5) is 13.2 Å². The van der Waals surface area contributed by atoms with Crippen molar-refractivity contribution < 1.29 is 23.2 Å². The minimum atomic E-state index is -4.81. The van der Waals surface area contributed by atoms with Crippen molar-refractivity contribution in [2.24, 2.45) is 0 Å². The van der Waals surface area contributed by atoms with E-state index in [0.29, 0.717) is 6.20 Å². The molecule has 76 valence electrons. The van der Waals surface area contributed by atoms with Gasteiger partial charge in [0.2, 0.25) is 0 Å². The molecule has 0 saturated heterocycles. The number of pyridine rings is 1. The number of H-pyrrole nitrogens is 1. The number of hydrogen-bond acceptors (Lipinski definition) is 3. The molecule has 0 unspecified atom stereocenters. The Morgan fingerprint density at radius 1 is 1.29 bits per heavy atom. The Hall–Kier alpha value is -1.28. The molecule has 0 aliphatic rings. The first kappa shape index (κ1) is 10.8. The van der Waals surface area contributed by atoms with E-state index in [4.69, 9.17) is 10.0 Å². The first-order valence-electron chi connectivity index (χ1n) is 3.48. The highest BCUT2D eigenvalue weighted by Crippen LogP contribution is 2.25. The zero-order valence-electron chi connectivity index (χ0n) is 6.67. The van der Waals surface area contributed by atoms with Gasteiger partial charge in [0.1, 0.15) is 5.56 Å². The summed E-state index contributed by atoms with van der Waals surface area (Å²) in [5, 5.41) is 17.1. The van der Waals surface area contributed by atoms with Crippen molar-refractivity contribution >= 4 is 12.6 Å². The second-order valence-corrected chi connectivity index (χ2v) is 2.52. The number of halogens is 3. The van der Waals surface area contributed by atoms with Crippen molar-refractivity contribution in [3.63, 3.8) is 0 Å². The van der Waals surface area contributed by atoms with E-state index < -0.39 is 29.7 Å². The van der Waals surface area contributed by atoms with Crippen LogP contribution in [0.25, 0.3) is 0 Å². The van der Waals surface area contributed by atoms with Crippen molar-refractivity contribution in [1.82, 2.24) is 4.98 Å². The Morgan fingerprint density at radius 3 is 2.29 bits per heavy atom. The molecule has 0 aliphatic carbocycles. The zero-order valence-corrected chi connectivity index (χ0v) is 6.67. The lowest BCUT2D eigenvalue weighted by molar-refractivity contribution is -0.138. The molecule has 0 saturated carbocycles. The number of hydrogen-bond donors (Lipinski definition) is 3. The van der Waals surface area contributed by atoms with Crippen LogP contribution in [0.15, 0.2) is 17.2 Å². The Labute approximate surface area is 76.2 Å². The minimum absolute atomic E-state index is 0.466. The van der Waals surface area contributed by atoms with E-state index in [-0.39, 0.29) is 0 Å². The number of rotatable bonds is 1. The molecular formula is C6H5BF3NO3. The van der Waals surface area contributed by atoms with Gasteiger partial charge in [-0.25, -0.2) is 0 Å². The monoisotopic (exact) mass is 207 g/mol. The molecular weight excluding hydrogens is 202 g/mol. The van der Waals surface area contributed by atoms with E-state index >= 15 is 0 Å². The van der Waals surface area contributed by atoms with Gasteiger partial charge in [-0.2, -0.15) is 13.2 Å². The van der Waals surface area contributed by atoms with Gasteiger partial charge in [0.25, 0.3) is 0 Å². The van der Waals surface area contributed by atoms with Gasteiger partial charge in [0.15, 0.2) is 5.43 Å². The third kappa shape index (κ3) is 1.96. The van der Waals surface area contributed by atoms with E-state index in [1.54, 1.807) is 0 Å². The summed E-state index contributed by atoms with van der Waals surface area (Å²) in [6.07, 6.45) is -3.53. The number of aromatic amines is 1. The van der Waals surface area contributed by atoms with Crippen LogP contribution in [0.1, 0.15) is 5.56 Å². The lowest BCUT2D eigenvalue weighted by atomic mass is 9.80. The molecule has 14 heavy (non-hydrogen) atoms. The van der Waals surface area contributed by atoms with Gasteiger partial charge in [0.05, 0.1) is 0 Å². The summed E-state index contributed by atoms with van der Waals surface area (Å²) in [5.41, 5.74) is -3.63. The molecule has 3 N–H and O–H groups in total. The van der Waals surface area contributed by atoms with E-state index in [1.165, 1.54) is 0 Å². The first-order valence-corrected chi connectivity index (χ1v) is 3.48. The largest absolute Gasteiger partial charge is 0.493 e. The molecule has 1 rings (SSSR count). The minimum Gasteiger partial charge on any atom is -0.423 e. The normalized spacial score (nSPS) is 11.5. The van der Waals surface area contributed by atoms with Crippen LogP contribution in [-0.2, 0) is 6.18 Å². The Balaban J connectivity index is 3.36. The first-order chi connectivity index (χ1) is 6.34. The van der Waals surface area contributed by atoms with Gasteiger partial charge in [-0.1, -0.05) is 0 Å². The maximum atomic E-state index is 12.1. The maximum absolute atomic E-state index is 12.1. The fourth-order valence-electron chi connectivity index (χ4n) is 0.904. The SMILES string of the molecule is O=c1c(B(O)O)c[nH]cc1C(F)(F)F. The van der Waals surface area contributed by atoms with E-state index in [9.17, 15) is 18.0 Å². The molecule has 0 aliphatic heterocycles. The summed E-state index contributed by atoms with van der Waals surface area (Å²) in [6, 6.07) is 0. The molecule has 0 bridgehead atoms. The highest BCUT2D eigenvalue weighted by atomic mass is 19.4. The van der Waals surface area contributed by atoms with Crippen LogP contribution in [0.2, 0.25) is 0 Å². The van der Waals surface area contributed by atoms with E-state index in [0.717, 1.165) is 6.20 Å². The van der Waals surface area contributed by atoms with Gasteiger partial charge in [-0.3, -0.25) is 4.79 Å². The summed E-state index contributed by atoms with van der Waals surface area (Å²) in [6.45, 7) is 0. The molecule has 0 amide bonds. The predicted octanol–water partition coefficient (Wildman–Crippen LogP) is -0.926. The molecule has 1 aromatic rings. The average Bonchev–Trinajstić information content (AvgIpc) is 2.01. The fraction of sp³-hybridized carbons (Fsp3) is 0.167. The van der Waals surface area contributed by atoms with Crippen molar-refractivity contribution in [2.45, 2.75) is 6.18 Å². The smallest absolute Gasteiger partial charge is 0.423 e. The van der Waals surface area contributed by atoms with Crippen LogP contribution < -0.4 is 10.9 Å². The van der Waals surface area contributed by atoms with Gasteiger partial charge in [0, 0.05) is 17.9 Å². The quantitative estimate of drug-likeness (QED) is 0.521. The Kier molecular flexibility index (Phi) is 2.67. The van der Waals surface area contributed by atoms with Gasteiger partial charge in [-0.15, -0.1) is 0 Å². The molecule has 4 nitrogen and oxygen atoms in total. The fourth-order valence-corrected chi connectivity index (χ4v) is 0.904. The van der Waals surface area contributed by atoms with Gasteiger partial charge in [-0.05, 0) is 0 Å². The van der Waals surface area contributed by atoms with E-state index in [1.807, 2.05) is 4.98 Å². The summed E-state index contributed by atoms with van der Waals surface area (Å²) >= 11 is 0. The van der Waals surface area contributed by atoms with Crippen LogP contribution in [-0.4, -0.2) is 22.2 Å². The number of aromatic nitrogens is 1. The summed E-state index contributed by atoms with van der Waals surface area (Å²) in [4.78, 5) is 13.0. The van der Waals surface area contributed by atoms with Crippen molar-refractivity contribution in [3.05, 3.63) is 28.2 Å². The van der Waals surface area contributed by atoms with Crippen LogP contribution in [0.3, 0.4) is 0 Å². The second-order valence-electron chi connectivity index (χ2n) is 2.52. The number of alkyl halides is 3. The molecule has 8 heteroatoms. The lowest BCUT2D eigenvalue weighted by Gasteiger charge is -2.06. The third-order valence-corrected chi connectivity index (χ3v) is 1.56.